The minimum absolute atomic E-state index is 0.0276. The molecule has 0 spiro atoms. The number of nitrogens with two attached hydrogens (primary N) is 1. The number of rotatable bonds is 5. The molecule has 11 nitrogen and oxygen atoms in total. The number of halogens is 1. The summed E-state index contributed by atoms with van der Waals surface area (Å²) in [7, 11) is 0. The van der Waals surface area contributed by atoms with Crippen molar-refractivity contribution in [2.75, 3.05) is 25.0 Å². The number of nitrogens with one attached hydrogen (secondary N) is 1. The van der Waals surface area contributed by atoms with Gasteiger partial charge in [-0.1, -0.05) is 35.9 Å². The second-order valence-electron chi connectivity index (χ2n) is 7.79. The summed E-state index contributed by atoms with van der Waals surface area (Å²) in [5.41, 5.74) is 6.07. The summed E-state index contributed by atoms with van der Waals surface area (Å²) in [6.07, 6.45) is 0. The molecule has 1 unspecified atom stereocenters. The van der Waals surface area contributed by atoms with Crippen LogP contribution < -0.4 is 11.1 Å². The van der Waals surface area contributed by atoms with Crippen molar-refractivity contribution in [3.8, 4) is 0 Å². The molecule has 3 heterocycles. The van der Waals surface area contributed by atoms with E-state index in [2.05, 4.69) is 15.4 Å². The van der Waals surface area contributed by atoms with Crippen LogP contribution in [0.4, 0.5) is 5.82 Å². The Kier molecular flexibility index (Phi) is 6.46. The number of aromatic nitrogens is 3. The van der Waals surface area contributed by atoms with Gasteiger partial charge in [0.05, 0.1) is 12.1 Å². The van der Waals surface area contributed by atoms with Gasteiger partial charge < -0.3 is 20.9 Å². The van der Waals surface area contributed by atoms with E-state index in [9.17, 15) is 19.2 Å². The zero-order chi connectivity index (χ0) is 24.4. The molecule has 1 aliphatic rings. The maximum absolute atomic E-state index is 13.3. The summed E-state index contributed by atoms with van der Waals surface area (Å²) < 4.78 is 1.39. The lowest BCUT2D eigenvalue weighted by atomic mass is 10.1. The molecule has 4 amide bonds. The van der Waals surface area contributed by atoms with Crippen LogP contribution in [-0.4, -0.2) is 73.9 Å². The van der Waals surface area contributed by atoms with Crippen molar-refractivity contribution in [1.29, 1.82) is 0 Å². The van der Waals surface area contributed by atoms with Crippen LogP contribution in [0.25, 0.3) is 10.9 Å². The topological polar surface area (TPSA) is 144 Å². The third kappa shape index (κ3) is 4.69. The average molecular weight is 484 g/mol. The molecule has 12 heteroatoms. The van der Waals surface area contributed by atoms with Crippen molar-refractivity contribution in [3.05, 3.63) is 53.3 Å². The third-order valence-corrected chi connectivity index (χ3v) is 5.80. The van der Waals surface area contributed by atoms with Gasteiger partial charge in [0.25, 0.3) is 5.91 Å². The zero-order valence-corrected chi connectivity index (χ0v) is 19.0. The summed E-state index contributed by atoms with van der Waals surface area (Å²) in [4.78, 5) is 57.1. The van der Waals surface area contributed by atoms with Gasteiger partial charge in [-0.05, 0) is 18.2 Å². The first-order valence-electron chi connectivity index (χ1n) is 10.5. The van der Waals surface area contributed by atoms with E-state index in [0.29, 0.717) is 10.9 Å². The number of benzene rings is 1. The van der Waals surface area contributed by atoms with Crippen molar-refractivity contribution in [2.45, 2.75) is 19.5 Å². The zero-order valence-electron chi connectivity index (χ0n) is 18.3. The standard InChI is InChI=1S/C22H22ClN7O4/c1-13(31)28-9-10-29(16(11-28)22(34)26-18-8-4-7-17(23)25-18)19(32)12-30-15-6-3-2-5-14(15)20(27-30)21(24)33/h2-8,16H,9-12H2,1H3,(H2,24,33)(H,25,26,34). The lowest BCUT2D eigenvalue weighted by Gasteiger charge is -2.40. The minimum atomic E-state index is -0.955. The van der Waals surface area contributed by atoms with E-state index < -0.39 is 23.8 Å². The smallest absolute Gasteiger partial charge is 0.269 e. The predicted molar refractivity (Wildman–Crippen MR) is 124 cm³/mol. The van der Waals surface area contributed by atoms with E-state index in [0.717, 1.165) is 0 Å². The summed E-state index contributed by atoms with van der Waals surface area (Å²) in [6, 6.07) is 10.7. The number of carbonyl (C=O) groups excluding carboxylic acids is 4. The van der Waals surface area contributed by atoms with Crippen LogP contribution in [0.5, 0.6) is 0 Å². The molecule has 34 heavy (non-hydrogen) atoms. The van der Waals surface area contributed by atoms with Gasteiger partial charge in [0.2, 0.25) is 17.7 Å². The van der Waals surface area contributed by atoms with Crippen molar-refractivity contribution >= 4 is 52.0 Å². The summed E-state index contributed by atoms with van der Waals surface area (Å²) >= 11 is 5.90. The van der Waals surface area contributed by atoms with Gasteiger partial charge in [-0.25, -0.2) is 4.98 Å². The van der Waals surface area contributed by atoms with E-state index in [4.69, 9.17) is 17.3 Å². The number of primary amides is 1. The van der Waals surface area contributed by atoms with E-state index in [1.807, 2.05) is 0 Å². The maximum Gasteiger partial charge on any atom is 0.269 e. The van der Waals surface area contributed by atoms with E-state index >= 15 is 0 Å². The number of pyridine rings is 1. The fourth-order valence-electron chi connectivity index (χ4n) is 3.93. The average Bonchev–Trinajstić information content (AvgIpc) is 3.17. The monoisotopic (exact) mass is 483 g/mol. The number of anilines is 1. The SMILES string of the molecule is CC(=O)N1CCN(C(=O)Cn2nc(C(N)=O)c3ccccc32)C(C(=O)Nc2cccc(Cl)n2)C1. The van der Waals surface area contributed by atoms with Gasteiger partial charge in [-0.3, -0.25) is 23.9 Å². The first kappa shape index (κ1) is 23.2. The van der Waals surface area contributed by atoms with Crippen LogP contribution in [0, 0.1) is 0 Å². The van der Waals surface area contributed by atoms with Crippen LogP contribution in [0.15, 0.2) is 42.5 Å². The Morgan fingerprint density at radius 1 is 1.12 bits per heavy atom. The first-order valence-corrected chi connectivity index (χ1v) is 10.9. The molecule has 1 saturated heterocycles. The molecule has 0 bridgehead atoms. The lowest BCUT2D eigenvalue weighted by Crippen LogP contribution is -2.60. The Hall–Kier alpha value is -3.99. The Labute approximate surface area is 199 Å². The van der Waals surface area contributed by atoms with Crippen LogP contribution >= 0.6 is 11.6 Å². The number of fused-ring (bicyclic) bond motifs is 1. The van der Waals surface area contributed by atoms with Gasteiger partial charge in [-0.2, -0.15) is 5.10 Å². The molecular formula is C22H22ClN7O4. The normalized spacial score (nSPS) is 15.9. The fourth-order valence-corrected chi connectivity index (χ4v) is 4.09. The molecule has 0 radical (unpaired) electrons. The van der Waals surface area contributed by atoms with Crippen LogP contribution in [0.3, 0.4) is 0 Å². The second-order valence-corrected chi connectivity index (χ2v) is 8.18. The van der Waals surface area contributed by atoms with Crippen LogP contribution in [-0.2, 0) is 20.9 Å². The quantitative estimate of drug-likeness (QED) is 0.515. The maximum atomic E-state index is 13.3. The number of hydrogen-bond acceptors (Lipinski definition) is 6. The lowest BCUT2D eigenvalue weighted by molar-refractivity contribution is -0.146. The largest absolute Gasteiger partial charge is 0.364 e. The molecule has 1 aliphatic heterocycles. The van der Waals surface area contributed by atoms with E-state index in [-0.39, 0.29) is 48.8 Å². The van der Waals surface area contributed by atoms with Gasteiger partial charge in [0.15, 0.2) is 5.69 Å². The third-order valence-electron chi connectivity index (χ3n) is 5.59. The van der Waals surface area contributed by atoms with Crippen LogP contribution in [0.2, 0.25) is 5.15 Å². The summed E-state index contributed by atoms with van der Waals surface area (Å²) in [5, 5.41) is 7.62. The Bertz CT molecular complexity index is 1290. The number of amides is 4. The number of nitrogens with zero attached hydrogens (tertiary/aromatic N) is 5. The van der Waals surface area contributed by atoms with E-state index in [1.54, 1.807) is 42.5 Å². The molecule has 0 saturated carbocycles. The highest BCUT2D eigenvalue weighted by atomic mass is 35.5. The minimum Gasteiger partial charge on any atom is -0.364 e. The van der Waals surface area contributed by atoms with Crippen LogP contribution in [0.1, 0.15) is 17.4 Å². The number of carbonyl (C=O) groups is 4. The fraction of sp³-hybridized carbons (Fsp3) is 0.273. The Balaban J connectivity index is 1.60. The molecular weight excluding hydrogens is 462 g/mol. The van der Waals surface area contributed by atoms with Crippen molar-refractivity contribution in [2.24, 2.45) is 5.73 Å². The van der Waals surface area contributed by atoms with Gasteiger partial charge in [0, 0.05) is 25.4 Å². The molecule has 3 aromatic rings. The molecule has 0 aliphatic carbocycles. The number of para-hydroxylation sites is 1. The predicted octanol–water partition coefficient (Wildman–Crippen LogP) is 0.882. The Morgan fingerprint density at radius 3 is 2.59 bits per heavy atom. The van der Waals surface area contributed by atoms with Gasteiger partial charge in [0.1, 0.15) is 23.6 Å². The van der Waals surface area contributed by atoms with Gasteiger partial charge >= 0.3 is 0 Å². The van der Waals surface area contributed by atoms with E-state index in [1.165, 1.54) is 21.4 Å². The van der Waals surface area contributed by atoms with Crippen molar-refractivity contribution in [1.82, 2.24) is 24.6 Å². The summed E-state index contributed by atoms with van der Waals surface area (Å²) in [5.74, 6) is -1.57. The molecule has 176 valence electrons. The summed E-state index contributed by atoms with van der Waals surface area (Å²) in [6.45, 7) is 1.66. The second kappa shape index (κ2) is 9.48. The highest BCUT2D eigenvalue weighted by Crippen LogP contribution is 2.20. The first-order chi connectivity index (χ1) is 16.2. The molecule has 1 fully saturated rings. The highest BCUT2D eigenvalue weighted by molar-refractivity contribution is 6.29. The molecule has 1 aromatic carbocycles. The highest BCUT2D eigenvalue weighted by Gasteiger charge is 2.36. The van der Waals surface area contributed by atoms with Gasteiger partial charge in [-0.15, -0.1) is 0 Å². The van der Waals surface area contributed by atoms with Crippen molar-refractivity contribution < 1.29 is 19.2 Å². The molecule has 1 atom stereocenters. The molecule has 2 aromatic heterocycles. The molecule has 3 N–H and O–H groups in total. The Morgan fingerprint density at radius 2 is 1.88 bits per heavy atom. The van der Waals surface area contributed by atoms with Crippen molar-refractivity contribution in [3.63, 3.8) is 0 Å². The number of hydrogen-bond donors (Lipinski definition) is 2. The number of piperazine rings is 1. The molecule has 4 rings (SSSR count).